The second-order valence-electron chi connectivity index (χ2n) is 9.71. The molecule has 3 N–H and O–H groups in total. The summed E-state index contributed by atoms with van der Waals surface area (Å²) in [6.07, 6.45) is 1.23. The van der Waals surface area contributed by atoms with E-state index in [9.17, 15) is 19.2 Å². The standard InChI is InChI=1S/C27H37N5O5/c1-17(2)24-26(36)28-13-9-15-32(14-8-12-22(33)29-18(3)25(35)31-24)23(34)16-21-19(4)37-27(30-21)20-10-6-5-7-11-20/h5-7,10-11,17-18,24H,8-9,12-16H2,1-4H3,(H,28,36)(H,29,33)(H,31,35)/t18-,24-/m1/s1. The number of aromatic nitrogens is 1. The molecule has 1 aliphatic rings. The molecule has 2 heterocycles. The molecule has 1 fully saturated rings. The smallest absolute Gasteiger partial charge is 0.242 e. The summed E-state index contributed by atoms with van der Waals surface area (Å²) in [5.74, 6) is -0.190. The van der Waals surface area contributed by atoms with Crippen molar-refractivity contribution in [3.8, 4) is 11.5 Å². The molecule has 1 aliphatic heterocycles. The monoisotopic (exact) mass is 511 g/mol. The van der Waals surface area contributed by atoms with Gasteiger partial charge >= 0.3 is 0 Å². The Morgan fingerprint density at radius 2 is 1.78 bits per heavy atom. The lowest BCUT2D eigenvalue weighted by molar-refractivity contribution is -0.132. The largest absolute Gasteiger partial charge is 0.441 e. The van der Waals surface area contributed by atoms with Crippen LogP contribution in [0.1, 0.15) is 51.5 Å². The van der Waals surface area contributed by atoms with Crippen LogP contribution in [0.3, 0.4) is 0 Å². The van der Waals surface area contributed by atoms with E-state index in [0.29, 0.717) is 49.8 Å². The summed E-state index contributed by atoms with van der Waals surface area (Å²) in [6.45, 7) is 8.20. The number of nitrogens with one attached hydrogen (secondary N) is 3. The summed E-state index contributed by atoms with van der Waals surface area (Å²) in [5, 5.41) is 8.27. The lowest BCUT2D eigenvalue weighted by atomic mass is 10.0. The van der Waals surface area contributed by atoms with Gasteiger partial charge < -0.3 is 25.3 Å². The van der Waals surface area contributed by atoms with Gasteiger partial charge in [-0.25, -0.2) is 4.98 Å². The minimum atomic E-state index is -0.779. The Morgan fingerprint density at radius 1 is 1.08 bits per heavy atom. The van der Waals surface area contributed by atoms with E-state index in [1.807, 2.05) is 44.2 Å². The zero-order valence-electron chi connectivity index (χ0n) is 22.0. The molecule has 1 aromatic carbocycles. The van der Waals surface area contributed by atoms with Crippen molar-refractivity contribution in [2.24, 2.45) is 5.92 Å². The van der Waals surface area contributed by atoms with Gasteiger partial charge in [-0.05, 0) is 44.7 Å². The summed E-state index contributed by atoms with van der Waals surface area (Å²) in [6, 6.07) is 8.00. The number of rotatable bonds is 4. The number of aryl methyl sites for hydroxylation is 1. The van der Waals surface area contributed by atoms with Crippen molar-refractivity contribution < 1.29 is 23.6 Å². The second-order valence-corrected chi connectivity index (χ2v) is 9.71. The minimum absolute atomic E-state index is 0.0750. The van der Waals surface area contributed by atoms with E-state index in [2.05, 4.69) is 20.9 Å². The zero-order valence-corrected chi connectivity index (χ0v) is 22.0. The van der Waals surface area contributed by atoms with Crippen LogP contribution in [0.15, 0.2) is 34.7 Å². The highest BCUT2D eigenvalue weighted by atomic mass is 16.4. The highest BCUT2D eigenvalue weighted by Gasteiger charge is 2.27. The Hall–Kier alpha value is -3.69. The van der Waals surface area contributed by atoms with Gasteiger partial charge in [0.2, 0.25) is 29.5 Å². The molecule has 2 atom stereocenters. The highest BCUT2D eigenvalue weighted by molar-refractivity contribution is 5.92. The van der Waals surface area contributed by atoms with Crippen LogP contribution in [-0.2, 0) is 25.6 Å². The molecule has 1 saturated heterocycles. The Morgan fingerprint density at radius 3 is 2.49 bits per heavy atom. The average Bonchev–Trinajstić information content (AvgIpc) is 3.23. The molecule has 3 rings (SSSR count). The van der Waals surface area contributed by atoms with Gasteiger partial charge in [-0.3, -0.25) is 19.2 Å². The number of carbonyl (C=O) groups is 4. The summed E-state index contributed by atoms with van der Waals surface area (Å²) < 4.78 is 5.80. The van der Waals surface area contributed by atoms with E-state index < -0.39 is 18.0 Å². The minimum Gasteiger partial charge on any atom is -0.441 e. The van der Waals surface area contributed by atoms with Crippen LogP contribution in [0, 0.1) is 12.8 Å². The molecular weight excluding hydrogens is 474 g/mol. The van der Waals surface area contributed by atoms with Crippen molar-refractivity contribution in [1.29, 1.82) is 0 Å². The first-order chi connectivity index (χ1) is 17.7. The Balaban J connectivity index is 1.70. The van der Waals surface area contributed by atoms with Crippen LogP contribution in [-0.4, -0.2) is 65.2 Å². The number of benzene rings is 1. The number of carbonyl (C=O) groups excluding carboxylic acids is 4. The number of hydrogen-bond donors (Lipinski definition) is 3. The quantitative estimate of drug-likeness (QED) is 0.575. The van der Waals surface area contributed by atoms with Crippen LogP contribution in [0.2, 0.25) is 0 Å². The fourth-order valence-electron chi connectivity index (χ4n) is 4.13. The Bertz CT molecular complexity index is 1100. The van der Waals surface area contributed by atoms with E-state index in [1.54, 1.807) is 18.7 Å². The molecule has 4 amide bonds. The van der Waals surface area contributed by atoms with Gasteiger partial charge in [-0.2, -0.15) is 0 Å². The van der Waals surface area contributed by atoms with Crippen LogP contribution in [0.5, 0.6) is 0 Å². The maximum absolute atomic E-state index is 13.2. The molecule has 10 nitrogen and oxygen atoms in total. The predicted molar refractivity (Wildman–Crippen MR) is 138 cm³/mol. The van der Waals surface area contributed by atoms with Gasteiger partial charge in [0.1, 0.15) is 17.8 Å². The Kier molecular flexibility index (Phi) is 9.82. The fraction of sp³-hybridized carbons (Fsp3) is 0.519. The average molecular weight is 512 g/mol. The van der Waals surface area contributed by atoms with Gasteiger partial charge in [0.05, 0.1) is 12.1 Å². The van der Waals surface area contributed by atoms with Crippen LogP contribution in [0.25, 0.3) is 11.5 Å². The topological polar surface area (TPSA) is 134 Å². The molecule has 0 saturated carbocycles. The number of oxazole rings is 1. The first-order valence-corrected chi connectivity index (χ1v) is 12.8. The van der Waals surface area contributed by atoms with E-state index >= 15 is 0 Å². The van der Waals surface area contributed by atoms with Gasteiger partial charge in [0.25, 0.3) is 0 Å². The van der Waals surface area contributed by atoms with Crippen molar-refractivity contribution in [1.82, 2.24) is 25.8 Å². The molecule has 0 aliphatic carbocycles. The maximum Gasteiger partial charge on any atom is 0.242 e. The molecule has 10 heteroatoms. The Labute approximate surface area is 217 Å². The summed E-state index contributed by atoms with van der Waals surface area (Å²) >= 11 is 0. The molecule has 0 radical (unpaired) electrons. The van der Waals surface area contributed by atoms with Crippen LogP contribution < -0.4 is 16.0 Å². The molecular formula is C27H37N5O5. The number of amides is 4. The molecule has 200 valence electrons. The first kappa shape index (κ1) is 27.9. The van der Waals surface area contributed by atoms with Gasteiger partial charge in [0, 0.05) is 31.6 Å². The molecule has 0 unspecified atom stereocenters. The van der Waals surface area contributed by atoms with Gasteiger partial charge in [-0.1, -0.05) is 32.0 Å². The van der Waals surface area contributed by atoms with Gasteiger partial charge in [0.15, 0.2) is 0 Å². The van der Waals surface area contributed by atoms with E-state index in [-0.39, 0.29) is 36.5 Å². The van der Waals surface area contributed by atoms with Crippen LogP contribution in [0.4, 0.5) is 0 Å². The lowest BCUT2D eigenvalue weighted by Crippen LogP contribution is -2.54. The number of hydrogen-bond acceptors (Lipinski definition) is 6. The van der Waals surface area contributed by atoms with Crippen LogP contribution >= 0.6 is 0 Å². The molecule has 2 aromatic rings. The fourth-order valence-corrected chi connectivity index (χ4v) is 4.13. The number of nitrogens with zero attached hydrogens (tertiary/aromatic N) is 2. The van der Waals surface area contributed by atoms with Gasteiger partial charge in [-0.15, -0.1) is 0 Å². The first-order valence-electron chi connectivity index (χ1n) is 12.8. The highest BCUT2D eigenvalue weighted by Crippen LogP contribution is 2.22. The van der Waals surface area contributed by atoms with Crippen molar-refractivity contribution >= 4 is 23.6 Å². The summed E-state index contributed by atoms with van der Waals surface area (Å²) in [4.78, 5) is 57.1. The molecule has 0 bridgehead atoms. The van der Waals surface area contributed by atoms with E-state index in [4.69, 9.17) is 4.42 Å². The third kappa shape index (κ3) is 7.90. The van der Waals surface area contributed by atoms with Crippen molar-refractivity contribution in [2.75, 3.05) is 19.6 Å². The summed E-state index contributed by atoms with van der Waals surface area (Å²) in [5.41, 5.74) is 1.41. The second kappa shape index (κ2) is 13.0. The van der Waals surface area contributed by atoms with E-state index in [0.717, 1.165) is 5.56 Å². The maximum atomic E-state index is 13.2. The van der Waals surface area contributed by atoms with Crippen molar-refractivity contribution in [3.05, 3.63) is 41.8 Å². The zero-order chi connectivity index (χ0) is 26.9. The SMILES string of the molecule is Cc1oc(-c2ccccc2)nc1CC(=O)N1CCCNC(=O)[C@@H](C(C)C)NC(=O)[C@@H](C)NC(=O)CCC1. The van der Waals surface area contributed by atoms with Crippen molar-refractivity contribution in [2.45, 2.75) is 65.5 Å². The third-order valence-corrected chi connectivity index (χ3v) is 6.34. The predicted octanol–water partition coefficient (Wildman–Crippen LogP) is 1.97. The molecule has 1 aromatic heterocycles. The van der Waals surface area contributed by atoms with Crippen molar-refractivity contribution in [3.63, 3.8) is 0 Å². The summed E-state index contributed by atoms with van der Waals surface area (Å²) in [7, 11) is 0. The molecule has 0 spiro atoms. The lowest BCUT2D eigenvalue weighted by Gasteiger charge is -2.24. The molecule has 37 heavy (non-hydrogen) atoms. The normalized spacial score (nSPS) is 20.5. The van der Waals surface area contributed by atoms with E-state index in [1.165, 1.54) is 0 Å². The third-order valence-electron chi connectivity index (χ3n) is 6.34.